The quantitative estimate of drug-likeness (QED) is 0.822. The third-order valence-electron chi connectivity index (χ3n) is 2.81. The molecule has 1 aromatic carbocycles. The van der Waals surface area contributed by atoms with Crippen LogP contribution in [0, 0.1) is 0 Å². The minimum absolute atomic E-state index is 0.722. The van der Waals surface area contributed by atoms with Crippen LogP contribution in [0.2, 0.25) is 5.02 Å². The first-order chi connectivity index (χ1) is 9.15. The molecule has 19 heavy (non-hydrogen) atoms. The second-order valence-corrected chi connectivity index (χ2v) is 5.19. The maximum absolute atomic E-state index is 5.97. The second kappa shape index (κ2) is 6.75. The van der Waals surface area contributed by atoms with E-state index >= 15 is 0 Å². The van der Waals surface area contributed by atoms with E-state index in [1.165, 1.54) is 0 Å². The van der Waals surface area contributed by atoms with Gasteiger partial charge in [-0.15, -0.1) is 0 Å². The number of nitrogens with one attached hydrogen (secondary N) is 1. The Morgan fingerprint density at radius 3 is 2.79 bits per heavy atom. The monoisotopic (exact) mass is 278 g/mol. The van der Waals surface area contributed by atoms with Gasteiger partial charge in [-0.1, -0.05) is 23.7 Å². The summed E-state index contributed by atoms with van der Waals surface area (Å²) in [6.45, 7) is 2.70. The molecule has 0 aliphatic heterocycles. The van der Waals surface area contributed by atoms with Gasteiger partial charge in [0.15, 0.2) is 0 Å². The molecular formula is C15H19ClN2O. The summed E-state index contributed by atoms with van der Waals surface area (Å²) in [6, 6.07) is 11.7. The molecule has 0 bridgehead atoms. The molecule has 1 N–H and O–H groups in total. The van der Waals surface area contributed by atoms with Crippen molar-refractivity contribution in [3.8, 4) is 11.3 Å². The standard InChI is InChI=1S/C15H19ClN2O/c1-18(2)9-8-17-11-14-6-7-15(19-14)12-4-3-5-13(16)10-12/h3-7,10,17H,8-9,11H2,1-2H3. The Balaban J connectivity index is 1.92. The highest BCUT2D eigenvalue weighted by atomic mass is 35.5. The molecule has 1 heterocycles. The molecule has 0 aliphatic carbocycles. The molecule has 4 heteroatoms. The molecule has 1 aromatic heterocycles. The smallest absolute Gasteiger partial charge is 0.134 e. The van der Waals surface area contributed by atoms with E-state index < -0.39 is 0 Å². The van der Waals surface area contributed by atoms with Crippen LogP contribution in [0.25, 0.3) is 11.3 Å². The highest BCUT2D eigenvalue weighted by Gasteiger charge is 2.05. The molecule has 0 radical (unpaired) electrons. The molecule has 2 rings (SSSR count). The third-order valence-corrected chi connectivity index (χ3v) is 3.04. The summed E-state index contributed by atoms with van der Waals surface area (Å²) >= 11 is 5.97. The van der Waals surface area contributed by atoms with Crippen molar-refractivity contribution in [3.05, 3.63) is 47.2 Å². The van der Waals surface area contributed by atoms with Gasteiger partial charge in [0.05, 0.1) is 6.54 Å². The molecule has 0 fully saturated rings. The molecule has 0 amide bonds. The number of benzene rings is 1. The van der Waals surface area contributed by atoms with Gasteiger partial charge >= 0.3 is 0 Å². The lowest BCUT2D eigenvalue weighted by molar-refractivity contribution is 0.392. The summed E-state index contributed by atoms with van der Waals surface area (Å²) in [6.07, 6.45) is 0. The summed E-state index contributed by atoms with van der Waals surface area (Å²) in [5.74, 6) is 1.79. The van der Waals surface area contributed by atoms with Crippen LogP contribution in [0.1, 0.15) is 5.76 Å². The van der Waals surface area contributed by atoms with Gasteiger partial charge in [0, 0.05) is 23.7 Å². The van der Waals surface area contributed by atoms with Crippen molar-refractivity contribution in [1.82, 2.24) is 10.2 Å². The number of nitrogens with zero attached hydrogens (tertiary/aromatic N) is 1. The lowest BCUT2D eigenvalue weighted by Gasteiger charge is -2.09. The van der Waals surface area contributed by atoms with Gasteiger partial charge in [-0.2, -0.15) is 0 Å². The highest BCUT2D eigenvalue weighted by Crippen LogP contribution is 2.24. The number of furan rings is 1. The van der Waals surface area contributed by atoms with Crippen molar-refractivity contribution in [2.24, 2.45) is 0 Å². The van der Waals surface area contributed by atoms with Gasteiger partial charge in [0.2, 0.25) is 0 Å². The molecule has 0 atom stereocenters. The maximum Gasteiger partial charge on any atom is 0.134 e. The van der Waals surface area contributed by atoms with Gasteiger partial charge in [0.25, 0.3) is 0 Å². The van der Waals surface area contributed by atoms with E-state index in [9.17, 15) is 0 Å². The molecule has 0 spiro atoms. The highest BCUT2D eigenvalue weighted by molar-refractivity contribution is 6.30. The van der Waals surface area contributed by atoms with E-state index in [4.69, 9.17) is 16.0 Å². The van der Waals surface area contributed by atoms with Crippen molar-refractivity contribution in [2.75, 3.05) is 27.2 Å². The fraction of sp³-hybridized carbons (Fsp3) is 0.333. The van der Waals surface area contributed by atoms with Crippen LogP contribution in [0.4, 0.5) is 0 Å². The van der Waals surface area contributed by atoms with Crippen LogP contribution in [-0.2, 0) is 6.54 Å². The van der Waals surface area contributed by atoms with E-state index in [0.29, 0.717) is 0 Å². The van der Waals surface area contributed by atoms with Crippen molar-refractivity contribution >= 4 is 11.6 Å². The van der Waals surface area contributed by atoms with Crippen LogP contribution in [0.5, 0.6) is 0 Å². The van der Waals surface area contributed by atoms with Crippen LogP contribution < -0.4 is 5.32 Å². The maximum atomic E-state index is 5.97. The first-order valence-electron chi connectivity index (χ1n) is 6.35. The van der Waals surface area contributed by atoms with E-state index in [1.807, 2.05) is 36.4 Å². The topological polar surface area (TPSA) is 28.4 Å². The summed E-state index contributed by atoms with van der Waals surface area (Å²) in [4.78, 5) is 2.15. The lowest BCUT2D eigenvalue weighted by atomic mass is 10.2. The predicted octanol–water partition coefficient (Wildman–Crippen LogP) is 3.25. The SMILES string of the molecule is CN(C)CCNCc1ccc(-c2cccc(Cl)c2)o1. The molecular weight excluding hydrogens is 260 g/mol. The third kappa shape index (κ3) is 4.39. The number of likely N-dealkylation sites (N-methyl/N-ethyl adjacent to an activating group) is 1. The Bertz CT molecular complexity index is 522. The molecule has 102 valence electrons. The van der Waals surface area contributed by atoms with Gasteiger partial charge in [-0.3, -0.25) is 0 Å². The van der Waals surface area contributed by atoms with Crippen LogP contribution in [0.3, 0.4) is 0 Å². The fourth-order valence-electron chi connectivity index (χ4n) is 1.78. The van der Waals surface area contributed by atoms with Crippen molar-refractivity contribution < 1.29 is 4.42 Å². The first-order valence-corrected chi connectivity index (χ1v) is 6.73. The summed E-state index contributed by atoms with van der Waals surface area (Å²) in [5.41, 5.74) is 1.01. The van der Waals surface area contributed by atoms with E-state index in [-0.39, 0.29) is 0 Å². The zero-order valence-corrected chi connectivity index (χ0v) is 12.1. The minimum atomic E-state index is 0.722. The molecule has 3 nitrogen and oxygen atoms in total. The number of hydrogen-bond acceptors (Lipinski definition) is 3. The van der Waals surface area contributed by atoms with E-state index in [1.54, 1.807) is 0 Å². The van der Waals surface area contributed by atoms with Crippen LogP contribution in [0.15, 0.2) is 40.8 Å². The average Bonchev–Trinajstić information content (AvgIpc) is 2.83. The summed E-state index contributed by atoms with van der Waals surface area (Å²) in [7, 11) is 4.12. The number of rotatable bonds is 6. The Kier molecular flexibility index (Phi) is 5.02. The molecule has 0 aliphatic rings. The molecule has 0 saturated heterocycles. The largest absolute Gasteiger partial charge is 0.460 e. The predicted molar refractivity (Wildman–Crippen MR) is 79.4 cm³/mol. The second-order valence-electron chi connectivity index (χ2n) is 4.76. The summed E-state index contributed by atoms with van der Waals surface area (Å²) < 4.78 is 5.80. The zero-order chi connectivity index (χ0) is 13.7. The number of halogens is 1. The van der Waals surface area contributed by atoms with Crippen LogP contribution >= 0.6 is 11.6 Å². The first kappa shape index (κ1) is 14.1. The lowest BCUT2D eigenvalue weighted by Crippen LogP contribution is -2.25. The molecule has 2 aromatic rings. The van der Waals surface area contributed by atoms with Crippen molar-refractivity contribution in [3.63, 3.8) is 0 Å². The van der Waals surface area contributed by atoms with E-state index in [0.717, 1.165) is 41.7 Å². The van der Waals surface area contributed by atoms with Gasteiger partial charge in [-0.05, 0) is 38.4 Å². The summed E-state index contributed by atoms with van der Waals surface area (Å²) in [5, 5.41) is 4.07. The molecule has 0 unspecified atom stereocenters. The Morgan fingerprint density at radius 2 is 2.05 bits per heavy atom. The normalized spacial score (nSPS) is 11.2. The van der Waals surface area contributed by atoms with Crippen molar-refractivity contribution in [1.29, 1.82) is 0 Å². The minimum Gasteiger partial charge on any atom is -0.460 e. The average molecular weight is 279 g/mol. The Hall–Kier alpha value is -1.29. The Morgan fingerprint density at radius 1 is 1.21 bits per heavy atom. The van der Waals surface area contributed by atoms with E-state index in [2.05, 4.69) is 24.3 Å². The number of hydrogen-bond donors (Lipinski definition) is 1. The van der Waals surface area contributed by atoms with Gasteiger partial charge in [0.1, 0.15) is 11.5 Å². The van der Waals surface area contributed by atoms with Gasteiger partial charge < -0.3 is 14.6 Å². The molecule has 0 saturated carbocycles. The van der Waals surface area contributed by atoms with Crippen LogP contribution in [-0.4, -0.2) is 32.1 Å². The van der Waals surface area contributed by atoms with Gasteiger partial charge in [-0.25, -0.2) is 0 Å². The fourth-order valence-corrected chi connectivity index (χ4v) is 1.97. The van der Waals surface area contributed by atoms with Crippen molar-refractivity contribution in [2.45, 2.75) is 6.54 Å². The zero-order valence-electron chi connectivity index (χ0n) is 11.3. The Labute approximate surface area is 119 Å².